The lowest BCUT2D eigenvalue weighted by Gasteiger charge is -2.23. The van der Waals surface area contributed by atoms with Crippen molar-refractivity contribution in [2.75, 3.05) is 0 Å². The first-order chi connectivity index (χ1) is 11.3. The van der Waals surface area contributed by atoms with E-state index < -0.39 is 29.1 Å². The fourth-order valence-electron chi connectivity index (χ4n) is 2.72. The summed E-state index contributed by atoms with van der Waals surface area (Å²) >= 11 is 5.90. The van der Waals surface area contributed by atoms with Crippen LogP contribution in [0.15, 0.2) is 42.5 Å². The largest absolute Gasteiger partial charge is 0.325 e. The minimum absolute atomic E-state index is 0.0161. The number of hydrogen-bond donors (Lipinski definition) is 1. The number of nitrogens with zero attached hydrogens (tertiary/aromatic N) is 1. The summed E-state index contributed by atoms with van der Waals surface area (Å²) in [5, 5.41) is 2.92. The van der Waals surface area contributed by atoms with Crippen molar-refractivity contribution in [3.05, 3.63) is 70.2 Å². The summed E-state index contributed by atoms with van der Waals surface area (Å²) in [6.45, 7) is 1.33. The summed E-state index contributed by atoms with van der Waals surface area (Å²) in [7, 11) is 0. The minimum Gasteiger partial charge on any atom is -0.319 e. The molecular formula is C17H13ClF2N2O2. The second-order valence-electron chi connectivity index (χ2n) is 5.70. The molecule has 0 radical (unpaired) electrons. The van der Waals surface area contributed by atoms with Gasteiger partial charge in [0, 0.05) is 10.6 Å². The Morgan fingerprint density at radius 2 is 1.92 bits per heavy atom. The van der Waals surface area contributed by atoms with Gasteiger partial charge in [0.2, 0.25) is 0 Å². The van der Waals surface area contributed by atoms with E-state index in [1.807, 2.05) is 0 Å². The molecule has 1 aliphatic heterocycles. The zero-order valence-corrected chi connectivity index (χ0v) is 13.4. The normalized spacial score (nSPS) is 20.4. The molecule has 3 rings (SSSR count). The van der Waals surface area contributed by atoms with E-state index in [0.717, 1.165) is 23.1 Å². The molecule has 1 saturated heterocycles. The monoisotopic (exact) mass is 350 g/mol. The van der Waals surface area contributed by atoms with Gasteiger partial charge in [-0.2, -0.15) is 0 Å². The maximum atomic E-state index is 14.1. The van der Waals surface area contributed by atoms with Gasteiger partial charge in [-0.15, -0.1) is 0 Å². The van der Waals surface area contributed by atoms with E-state index in [1.54, 1.807) is 24.3 Å². The molecule has 0 saturated carbocycles. The van der Waals surface area contributed by atoms with Crippen LogP contribution in [-0.4, -0.2) is 16.8 Å². The van der Waals surface area contributed by atoms with E-state index in [4.69, 9.17) is 11.6 Å². The Morgan fingerprint density at radius 3 is 2.62 bits per heavy atom. The smallest absolute Gasteiger partial charge is 0.319 e. The van der Waals surface area contributed by atoms with Crippen LogP contribution in [0.4, 0.5) is 13.6 Å². The van der Waals surface area contributed by atoms with Gasteiger partial charge in [-0.05, 0) is 42.8 Å². The van der Waals surface area contributed by atoms with Crippen molar-refractivity contribution < 1.29 is 18.4 Å². The Hall–Kier alpha value is -2.47. The summed E-state index contributed by atoms with van der Waals surface area (Å²) in [5.41, 5.74) is -1.23. The van der Waals surface area contributed by atoms with Crippen molar-refractivity contribution in [1.82, 2.24) is 10.2 Å². The highest BCUT2D eigenvalue weighted by atomic mass is 35.5. The molecule has 2 aromatic rings. The van der Waals surface area contributed by atoms with Crippen LogP contribution in [0.3, 0.4) is 0 Å². The number of imide groups is 1. The Labute approximate surface area is 142 Å². The standard InChI is InChI=1S/C17H13ClF2N2O2/c1-17(13-8-12(19)5-6-14(13)20)15(23)22(16(24)21-17)9-10-3-2-4-11(18)7-10/h2-8H,9H2,1H3,(H,21,24). The van der Waals surface area contributed by atoms with Crippen LogP contribution < -0.4 is 5.32 Å². The van der Waals surface area contributed by atoms with Crippen molar-refractivity contribution in [2.45, 2.75) is 19.0 Å². The molecule has 1 fully saturated rings. The summed E-state index contributed by atoms with van der Waals surface area (Å²) in [6, 6.07) is 8.82. The third-order valence-electron chi connectivity index (χ3n) is 3.97. The SMILES string of the molecule is CC1(c2cc(F)ccc2F)NC(=O)N(Cc2cccc(Cl)c2)C1=O. The van der Waals surface area contributed by atoms with Crippen molar-refractivity contribution in [2.24, 2.45) is 0 Å². The van der Waals surface area contributed by atoms with Crippen LogP contribution in [0.1, 0.15) is 18.1 Å². The lowest BCUT2D eigenvalue weighted by Crippen LogP contribution is -2.41. The van der Waals surface area contributed by atoms with Gasteiger partial charge in [0.05, 0.1) is 6.54 Å². The second-order valence-corrected chi connectivity index (χ2v) is 6.14. The maximum absolute atomic E-state index is 14.1. The number of carbonyl (C=O) groups excluding carboxylic acids is 2. The predicted octanol–water partition coefficient (Wildman–Crippen LogP) is 3.59. The van der Waals surface area contributed by atoms with Gasteiger partial charge in [0.15, 0.2) is 0 Å². The van der Waals surface area contributed by atoms with Crippen molar-refractivity contribution >= 4 is 23.5 Å². The number of rotatable bonds is 3. The highest BCUT2D eigenvalue weighted by molar-refractivity contribution is 6.30. The molecule has 1 atom stereocenters. The summed E-state index contributed by atoms with van der Waals surface area (Å²) in [5.74, 6) is -2.11. The number of amides is 3. The van der Waals surface area contributed by atoms with Gasteiger partial charge in [-0.3, -0.25) is 9.69 Å². The fourth-order valence-corrected chi connectivity index (χ4v) is 2.93. The number of nitrogens with one attached hydrogen (secondary N) is 1. The van der Waals surface area contributed by atoms with E-state index in [0.29, 0.717) is 10.6 Å². The highest BCUT2D eigenvalue weighted by Gasteiger charge is 2.50. The molecular weight excluding hydrogens is 338 g/mol. The fraction of sp³-hybridized carbons (Fsp3) is 0.176. The highest BCUT2D eigenvalue weighted by Crippen LogP contribution is 2.32. The molecule has 3 amide bonds. The van der Waals surface area contributed by atoms with Crippen LogP contribution in [0, 0.1) is 11.6 Å². The van der Waals surface area contributed by atoms with Crippen LogP contribution in [0.25, 0.3) is 0 Å². The molecule has 0 bridgehead atoms. The Kier molecular flexibility index (Phi) is 4.01. The Bertz CT molecular complexity index is 843. The summed E-state index contributed by atoms with van der Waals surface area (Å²) in [6.07, 6.45) is 0. The average molecular weight is 351 g/mol. The van der Waals surface area contributed by atoms with Gasteiger partial charge in [0.25, 0.3) is 5.91 Å². The van der Waals surface area contributed by atoms with Gasteiger partial charge in [0.1, 0.15) is 17.2 Å². The number of urea groups is 1. The van der Waals surface area contributed by atoms with E-state index >= 15 is 0 Å². The number of benzene rings is 2. The number of halogens is 3. The zero-order chi connectivity index (χ0) is 17.5. The molecule has 1 heterocycles. The van der Waals surface area contributed by atoms with Gasteiger partial charge < -0.3 is 5.32 Å². The van der Waals surface area contributed by atoms with Crippen molar-refractivity contribution in [1.29, 1.82) is 0 Å². The van der Waals surface area contributed by atoms with E-state index in [1.165, 1.54) is 6.92 Å². The molecule has 24 heavy (non-hydrogen) atoms. The first-order valence-corrected chi connectivity index (χ1v) is 7.53. The Morgan fingerprint density at radius 1 is 1.17 bits per heavy atom. The number of carbonyl (C=O) groups is 2. The molecule has 0 aliphatic carbocycles. The molecule has 1 unspecified atom stereocenters. The van der Waals surface area contributed by atoms with E-state index in [-0.39, 0.29) is 12.1 Å². The lowest BCUT2D eigenvalue weighted by molar-refractivity contribution is -0.131. The summed E-state index contributed by atoms with van der Waals surface area (Å²) in [4.78, 5) is 25.9. The van der Waals surface area contributed by atoms with Crippen LogP contribution >= 0.6 is 11.6 Å². The van der Waals surface area contributed by atoms with E-state index in [2.05, 4.69) is 5.32 Å². The quantitative estimate of drug-likeness (QED) is 0.860. The minimum atomic E-state index is -1.66. The first kappa shape index (κ1) is 16.4. The molecule has 7 heteroatoms. The molecule has 0 aromatic heterocycles. The van der Waals surface area contributed by atoms with Gasteiger partial charge in [-0.1, -0.05) is 23.7 Å². The molecule has 1 aliphatic rings. The van der Waals surface area contributed by atoms with Crippen LogP contribution in [0.5, 0.6) is 0 Å². The summed E-state index contributed by atoms with van der Waals surface area (Å²) < 4.78 is 27.5. The Balaban J connectivity index is 1.95. The molecule has 4 nitrogen and oxygen atoms in total. The van der Waals surface area contributed by atoms with Crippen LogP contribution in [-0.2, 0) is 16.9 Å². The number of hydrogen-bond acceptors (Lipinski definition) is 2. The molecule has 124 valence electrons. The average Bonchev–Trinajstić information content (AvgIpc) is 2.74. The van der Waals surface area contributed by atoms with Gasteiger partial charge in [-0.25, -0.2) is 13.6 Å². The topological polar surface area (TPSA) is 49.4 Å². The second kappa shape index (κ2) is 5.87. The van der Waals surface area contributed by atoms with Gasteiger partial charge >= 0.3 is 6.03 Å². The van der Waals surface area contributed by atoms with E-state index in [9.17, 15) is 18.4 Å². The van der Waals surface area contributed by atoms with Crippen LogP contribution in [0.2, 0.25) is 5.02 Å². The third kappa shape index (κ3) is 2.73. The lowest BCUT2D eigenvalue weighted by atomic mass is 9.91. The molecule has 2 aromatic carbocycles. The van der Waals surface area contributed by atoms with Crippen molar-refractivity contribution in [3.8, 4) is 0 Å². The zero-order valence-electron chi connectivity index (χ0n) is 12.6. The van der Waals surface area contributed by atoms with Crippen molar-refractivity contribution in [3.63, 3.8) is 0 Å². The maximum Gasteiger partial charge on any atom is 0.325 e. The third-order valence-corrected chi connectivity index (χ3v) is 4.21. The molecule has 1 N–H and O–H groups in total. The molecule has 0 spiro atoms. The first-order valence-electron chi connectivity index (χ1n) is 7.15. The predicted molar refractivity (Wildman–Crippen MR) is 84.2 cm³/mol.